The zero-order valence-electron chi connectivity index (χ0n) is 20.1. The van der Waals surface area contributed by atoms with Gasteiger partial charge >= 0.3 is 0 Å². The monoisotopic (exact) mass is 457 g/mol. The summed E-state index contributed by atoms with van der Waals surface area (Å²) in [5, 5.41) is 0. The lowest BCUT2D eigenvalue weighted by molar-refractivity contribution is -0.900. The van der Waals surface area contributed by atoms with Crippen LogP contribution in [0.5, 0.6) is 0 Å². The Kier molecular flexibility index (Phi) is 17.5. The molecule has 0 aliphatic heterocycles. The van der Waals surface area contributed by atoms with Crippen molar-refractivity contribution in [3.05, 3.63) is 18.2 Å². The first kappa shape index (κ1) is 29.7. The van der Waals surface area contributed by atoms with Crippen LogP contribution in [0.1, 0.15) is 97.8 Å². The zero-order valence-corrected chi connectivity index (χ0v) is 20.9. The molecule has 1 aromatic carbocycles. The Balaban J connectivity index is 0.000000639. The molecular weight excluding hydrogens is 410 g/mol. The Morgan fingerprint density at radius 2 is 1.16 bits per heavy atom. The second-order valence-electron chi connectivity index (χ2n) is 8.43. The Morgan fingerprint density at radius 1 is 0.742 bits per heavy atom. The van der Waals surface area contributed by atoms with Gasteiger partial charge < -0.3 is 20.9 Å². The van der Waals surface area contributed by atoms with Crippen molar-refractivity contribution in [2.24, 2.45) is 0 Å². The molecule has 0 amide bonds. The zero-order chi connectivity index (χ0) is 23.5. The van der Waals surface area contributed by atoms with E-state index in [-0.39, 0.29) is 11.4 Å². The second-order valence-corrected chi connectivity index (χ2v) is 9.78. The van der Waals surface area contributed by atoms with Crippen LogP contribution in [-0.2, 0) is 10.1 Å². The van der Waals surface area contributed by atoms with Crippen LogP contribution in [0.3, 0.4) is 0 Å². The highest BCUT2D eigenvalue weighted by molar-refractivity contribution is 7.86. The molecule has 6 nitrogen and oxygen atoms in total. The summed E-state index contributed by atoms with van der Waals surface area (Å²) in [6.07, 6.45) is 17.1. The van der Waals surface area contributed by atoms with Crippen molar-refractivity contribution in [2.45, 2.75) is 103 Å². The fourth-order valence-corrected chi connectivity index (χ4v) is 4.18. The molecule has 0 aliphatic carbocycles. The molecule has 182 valence electrons. The predicted molar refractivity (Wildman–Crippen MR) is 131 cm³/mol. The predicted octanol–water partition coefficient (Wildman–Crippen LogP) is 4.37. The van der Waals surface area contributed by atoms with E-state index in [0.29, 0.717) is 0 Å². The van der Waals surface area contributed by atoms with E-state index < -0.39 is 15.0 Å². The Bertz CT molecular complexity index is 638. The number of unbranched alkanes of at least 4 members (excludes halogenated alkanes) is 9. The Morgan fingerprint density at radius 3 is 1.48 bits per heavy atom. The maximum atomic E-state index is 10.5. The van der Waals surface area contributed by atoms with Gasteiger partial charge in [0.1, 0.15) is 10.1 Å². The van der Waals surface area contributed by atoms with E-state index in [9.17, 15) is 13.0 Å². The highest BCUT2D eigenvalue weighted by atomic mass is 32.2. The molecule has 5 N–H and O–H groups in total. The van der Waals surface area contributed by atoms with E-state index in [1.807, 2.05) is 4.90 Å². The summed E-state index contributed by atoms with van der Waals surface area (Å²) in [6, 6.07) is 3.74. The highest BCUT2D eigenvalue weighted by Gasteiger charge is 2.08. The molecule has 0 atom stereocenters. The van der Waals surface area contributed by atoms with Gasteiger partial charge in [0.05, 0.1) is 24.5 Å². The van der Waals surface area contributed by atoms with Crippen LogP contribution in [0, 0.1) is 0 Å². The number of nitrogens with two attached hydrogens (primary N) is 2. The van der Waals surface area contributed by atoms with Gasteiger partial charge in [-0.1, -0.05) is 59.3 Å². The molecule has 0 radical (unpaired) electrons. The molecule has 0 fully saturated rings. The highest BCUT2D eigenvalue weighted by Crippen LogP contribution is 2.20. The van der Waals surface area contributed by atoms with Crippen LogP contribution >= 0.6 is 0 Å². The molecule has 1 aromatic rings. The molecule has 1 rings (SSSR count). The van der Waals surface area contributed by atoms with E-state index in [2.05, 4.69) is 20.8 Å². The van der Waals surface area contributed by atoms with E-state index in [0.717, 1.165) is 6.07 Å². The van der Waals surface area contributed by atoms with Crippen molar-refractivity contribution >= 4 is 21.5 Å². The molecule has 31 heavy (non-hydrogen) atoms. The summed E-state index contributed by atoms with van der Waals surface area (Å²) in [4.78, 5) is 1.42. The molecule has 0 unspecified atom stereocenters. The standard InChI is InChI=1S/C18H39N.C6H8N2O3S/c1-4-7-10-13-16-19(17-14-11-8-5-2)18-15-12-9-6-3;7-4-1-2-5(8)6(3-4)12(9,10)11/h4-18H2,1-3H3;1-3H,7-8H2,(H,9,10,11). The van der Waals surface area contributed by atoms with E-state index >= 15 is 0 Å². The molecule has 7 heteroatoms. The van der Waals surface area contributed by atoms with E-state index in [1.54, 1.807) is 0 Å². The summed E-state index contributed by atoms with van der Waals surface area (Å²) >= 11 is 0. The van der Waals surface area contributed by atoms with Crippen molar-refractivity contribution in [3.63, 3.8) is 0 Å². The number of anilines is 2. The summed E-state index contributed by atoms with van der Waals surface area (Å²) in [7, 11) is -4.51. The third-order valence-corrected chi connectivity index (χ3v) is 6.35. The molecule has 0 heterocycles. The molecule has 0 aromatic heterocycles. The van der Waals surface area contributed by atoms with Gasteiger partial charge in [0.15, 0.2) is 0 Å². The summed E-state index contributed by atoms with van der Waals surface area (Å²) in [6.45, 7) is 11.2. The Labute approximate surface area is 191 Å². The third-order valence-electron chi connectivity index (χ3n) is 5.46. The fraction of sp³-hybridized carbons (Fsp3) is 0.750. The van der Waals surface area contributed by atoms with Crippen LogP contribution in [-0.4, -0.2) is 32.6 Å². The van der Waals surface area contributed by atoms with Gasteiger partial charge in [-0.2, -0.15) is 0 Å². The molecule has 0 aliphatic rings. The van der Waals surface area contributed by atoms with Crippen LogP contribution in [0.25, 0.3) is 0 Å². The quantitative estimate of drug-likeness (QED) is 0.194. The molecule has 0 spiro atoms. The lowest BCUT2D eigenvalue weighted by Crippen LogP contribution is -3.12. The number of hydrogen-bond donors (Lipinski definition) is 3. The number of nitrogens with one attached hydrogen (secondary N) is 1. The van der Waals surface area contributed by atoms with Gasteiger partial charge in [-0.05, 0) is 56.7 Å². The molecule has 0 saturated heterocycles. The lowest BCUT2D eigenvalue weighted by Gasteiger charge is -2.19. The fourth-order valence-electron chi connectivity index (χ4n) is 3.55. The van der Waals surface area contributed by atoms with Gasteiger partial charge in [0.25, 0.3) is 0 Å². The number of rotatable bonds is 16. The minimum absolute atomic E-state index is 0.0841. The summed E-state index contributed by atoms with van der Waals surface area (Å²) < 4.78 is 31.5. The molecular formula is C24H47N3O3S. The first-order valence-electron chi connectivity index (χ1n) is 12.2. The van der Waals surface area contributed by atoms with Crippen LogP contribution < -0.4 is 16.4 Å². The van der Waals surface area contributed by atoms with Crippen LogP contribution in [0.4, 0.5) is 11.4 Å². The topological polar surface area (TPSA) is 114 Å². The normalized spacial score (nSPS) is 11.4. The van der Waals surface area contributed by atoms with Crippen molar-refractivity contribution in [1.82, 2.24) is 0 Å². The SMILES string of the molecule is CCCCCC[NH+](CCCCCC)CCCCCC.Nc1ccc(N)c(S(=O)(=O)[O-])c1. The second kappa shape index (κ2) is 18.3. The van der Waals surface area contributed by atoms with Crippen molar-refractivity contribution in [2.75, 3.05) is 31.1 Å². The number of quaternary nitrogens is 1. The molecule has 0 saturated carbocycles. The van der Waals surface area contributed by atoms with Gasteiger partial charge in [0.2, 0.25) is 0 Å². The lowest BCUT2D eigenvalue weighted by atomic mass is 10.1. The van der Waals surface area contributed by atoms with Gasteiger partial charge in [-0.3, -0.25) is 0 Å². The third kappa shape index (κ3) is 16.0. The first-order chi connectivity index (χ1) is 14.8. The number of nitrogen functional groups attached to an aromatic ring is 2. The summed E-state index contributed by atoms with van der Waals surface area (Å²) in [5.41, 5.74) is 10.6. The van der Waals surface area contributed by atoms with Crippen LogP contribution in [0.15, 0.2) is 23.1 Å². The van der Waals surface area contributed by atoms with Crippen molar-refractivity contribution in [1.29, 1.82) is 0 Å². The number of hydrogen-bond acceptors (Lipinski definition) is 5. The van der Waals surface area contributed by atoms with Crippen LogP contribution in [0.2, 0.25) is 0 Å². The average molecular weight is 458 g/mol. The van der Waals surface area contributed by atoms with Crippen molar-refractivity contribution in [3.8, 4) is 0 Å². The van der Waals surface area contributed by atoms with Gasteiger partial charge in [-0.25, -0.2) is 8.42 Å². The first-order valence-corrected chi connectivity index (χ1v) is 13.6. The minimum Gasteiger partial charge on any atom is -0.744 e. The van der Waals surface area contributed by atoms with Gasteiger partial charge in [0, 0.05) is 11.4 Å². The maximum Gasteiger partial charge on any atom is 0.126 e. The molecule has 0 bridgehead atoms. The summed E-state index contributed by atoms with van der Waals surface area (Å²) in [5.74, 6) is 0. The van der Waals surface area contributed by atoms with E-state index in [1.165, 1.54) is 109 Å². The largest absolute Gasteiger partial charge is 0.744 e. The smallest absolute Gasteiger partial charge is 0.126 e. The average Bonchev–Trinajstić information content (AvgIpc) is 2.72. The van der Waals surface area contributed by atoms with E-state index in [4.69, 9.17) is 11.5 Å². The van der Waals surface area contributed by atoms with Crippen molar-refractivity contribution < 1.29 is 17.9 Å². The maximum absolute atomic E-state index is 10.5. The minimum atomic E-state index is -4.51. The number of benzene rings is 1. The Hall–Kier alpha value is -1.31. The van der Waals surface area contributed by atoms with Gasteiger partial charge in [-0.15, -0.1) is 0 Å².